The number of carbonyl (C=O) groups is 1. The van der Waals surface area contributed by atoms with Crippen LogP contribution in [0.3, 0.4) is 0 Å². The quantitative estimate of drug-likeness (QED) is 0.836. The van der Waals surface area contributed by atoms with Crippen molar-refractivity contribution >= 4 is 11.6 Å². The molecule has 92 valence electrons. The maximum atomic E-state index is 11.4. The van der Waals surface area contributed by atoms with Gasteiger partial charge in [-0.05, 0) is 24.5 Å². The third-order valence-electron chi connectivity index (χ3n) is 3.36. The molecular weight excluding hydrogens is 212 g/mol. The van der Waals surface area contributed by atoms with Gasteiger partial charge < -0.3 is 10.6 Å². The van der Waals surface area contributed by atoms with Gasteiger partial charge in [-0.25, -0.2) is 0 Å². The molecule has 0 unspecified atom stereocenters. The zero-order valence-electron chi connectivity index (χ0n) is 10.3. The molecule has 2 rings (SSSR count). The molecule has 0 bridgehead atoms. The Balaban J connectivity index is 2.06. The van der Waals surface area contributed by atoms with Gasteiger partial charge in [-0.1, -0.05) is 31.0 Å². The highest BCUT2D eigenvalue weighted by molar-refractivity contribution is 5.80. The van der Waals surface area contributed by atoms with Crippen LogP contribution < -0.4 is 10.6 Å². The van der Waals surface area contributed by atoms with E-state index in [0.717, 1.165) is 11.3 Å². The molecule has 3 heteroatoms. The first-order chi connectivity index (χ1) is 8.29. The largest absolute Gasteiger partial charge is 0.382 e. The molecule has 1 aromatic carbocycles. The molecule has 17 heavy (non-hydrogen) atoms. The molecule has 0 spiro atoms. The molecule has 0 saturated heterocycles. The number of rotatable bonds is 4. The molecule has 3 nitrogen and oxygen atoms in total. The molecule has 1 saturated carbocycles. The first-order valence-electron chi connectivity index (χ1n) is 6.34. The predicted molar refractivity (Wildman–Crippen MR) is 70.1 cm³/mol. The highest BCUT2D eigenvalue weighted by Gasteiger charge is 2.16. The van der Waals surface area contributed by atoms with Gasteiger partial charge in [-0.2, -0.15) is 0 Å². The minimum Gasteiger partial charge on any atom is -0.382 e. The lowest BCUT2D eigenvalue weighted by Crippen LogP contribution is -2.22. The van der Waals surface area contributed by atoms with E-state index in [-0.39, 0.29) is 5.91 Å². The van der Waals surface area contributed by atoms with E-state index in [1.54, 1.807) is 7.05 Å². The molecule has 1 amide bonds. The summed E-state index contributed by atoms with van der Waals surface area (Å²) in [5.74, 6) is 0.0608. The Kier molecular flexibility index (Phi) is 4.02. The molecular formula is C14H20N2O. The van der Waals surface area contributed by atoms with Gasteiger partial charge in [0.15, 0.2) is 0 Å². The Morgan fingerprint density at radius 2 is 2.00 bits per heavy atom. The second kappa shape index (κ2) is 5.71. The van der Waals surface area contributed by atoms with Gasteiger partial charge >= 0.3 is 0 Å². The van der Waals surface area contributed by atoms with Crippen LogP contribution in [0, 0.1) is 0 Å². The van der Waals surface area contributed by atoms with E-state index in [9.17, 15) is 4.79 Å². The fourth-order valence-electron chi connectivity index (χ4n) is 2.37. The van der Waals surface area contributed by atoms with Crippen molar-refractivity contribution in [2.45, 2.75) is 38.1 Å². The van der Waals surface area contributed by atoms with Crippen molar-refractivity contribution in [1.29, 1.82) is 0 Å². The number of hydrogen-bond acceptors (Lipinski definition) is 2. The average molecular weight is 232 g/mol. The molecule has 0 radical (unpaired) electrons. The zero-order chi connectivity index (χ0) is 12.1. The molecule has 0 atom stereocenters. The number of anilines is 1. The van der Waals surface area contributed by atoms with Crippen LogP contribution in [0.1, 0.15) is 31.2 Å². The van der Waals surface area contributed by atoms with Crippen molar-refractivity contribution in [3.8, 4) is 0 Å². The second-order valence-electron chi connectivity index (χ2n) is 4.63. The maximum Gasteiger partial charge on any atom is 0.224 e. The summed E-state index contributed by atoms with van der Waals surface area (Å²) in [4.78, 5) is 11.4. The normalized spacial score (nSPS) is 15.8. The van der Waals surface area contributed by atoms with Gasteiger partial charge in [0.2, 0.25) is 5.91 Å². The topological polar surface area (TPSA) is 41.1 Å². The highest BCUT2D eigenvalue weighted by Crippen LogP contribution is 2.24. The van der Waals surface area contributed by atoms with Crippen molar-refractivity contribution < 1.29 is 4.79 Å². The van der Waals surface area contributed by atoms with E-state index < -0.39 is 0 Å². The molecule has 0 aromatic heterocycles. The van der Waals surface area contributed by atoms with Crippen molar-refractivity contribution in [3.63, 3.8) is 0 Å². The van der Waals surface area contributed by atoms with Crippen LogP contribution in [0.15, 0.2) is 24.3 Å². The molecule has 0 heterocycles. The van der Waals surface area contributed by atoms with Gasteiger partial charge in [-0.3, -0.25) is 4.79 Å². The SMILES string of the molecule is CNC(=O)Cc1ccccc1NC1CCCC1. The lowest BCUT2D eigenvalue weighted by molar-refractivity contribution is -0.119. The Hall–Kier alpha value is -1.51. The van der Waals surface area contributed by atoms with Crippen LogP contribution in [0.4, 0.5) is 5.69 Å². The number of benzene rings is 1. The third-order valence-corrected chi connectivity index (χ3v) is 3.36. The summed E-state index contributed by atoms with van der Waals surface area (Å²) in [6.45, 7) is 0. The summed E-state index contributed by atoms with van der Waals surface area (Å²) in [5.41, 5.74) is 2.20. The van der Waals surface area contributed by atoms with Crippen LogP contribution >= 0.6 is 0 Å². The number of carbonyl (C=O) groups excluding carboxylic acids is 1. The van der Waals surface area contributed by atoms with Crippen LogP contribution in [-0.4, -0.2) is 19.0 Å². The van der Waals surface area contributed by atoms with Crippen molar-refractivity contribution in [2.75, 3.05) is 12.4 Å². The monoisotopic (exact) mass is 232 g/mol. The Labute approximate surface area is 103 Å². The minimum absolute atomic E-state index is 0.0608. The smallest absolute Gasteiger partial charge is 0.224 e. The average Bonchev–Trinajstić information content (AvgIpc) is 2.84. The Morgan fingerprint density at radius 1 is 1.29 bits per heavy atom. The van der Waals surface area contributed by atoms with Crippen LogP contribution in [0.25, 0.3) is 0 Å². The van der Waals surface area contributed by atoms with E-state index in [2.05, 4.69) is 16.7 Å². The maximum absolute atomic E-state index is 11.4. The minimum atomic E-state index is 0.0608. The summed E-state index contributed by atoms with van der Waals surface area (Å²) in [7, 11) is 1.68. The number of nitrogens with one attached hydrogen (secondary N) is 2. The first-order valence-corrected chi connectivity index (χ1v) is 6.34. The third kappa shape index (κ3) is 3.22. The molecule has 1 aromatic rings. The summed E-state index contributed by atoms with van der Waals surface area (Å²) in [6, 6.07) is 8.67. The van der Waals surface area contributed by atoms with Crippen molar-refractivity contribution in [3.05, 3.63) is 29.8 Å². The zero-order valence-corrected chi connectivity index (χ0v) is 10.3. The lowest BCUT2D eigenvalue weighted by Gasteiger charge is -2.16. The van der Waals surface area contributed by atoms with Crippen molar-refractivity contribution in [1.82, 2.24) is 5.32 Å². The number of likely N-dealkylation sites (N-methyl/N-ethyl adjacent to an activating group) is 1. The predicted octanol–water partition coefficient (Wildman–Crippen LogP) is 2.33. The second-order valence-corrected chi connectivity index (χ2v) is 4.63. The van der Waals surface area contributed by atoms with Gasteiger partial charge in [-0.15, -0.1) is 0 Å². The number of amides is 1. The molecule has 1 aliphatic carbocycles. The van der Waals surface area contributed by atoms with Gasteiger partial charge in [0.1, 0.15) is 0 Å². The summed E-state index contributed by atoms with van der Waals surface area (Å²) in [6.07, 6.45) is 5.57. The van der Waals surface area contributed by atoms with E-state index in [0.29, 0.717) is 12.5 Å². The van der Waals surface area contributed by atoms with Crippen LogP contribution in [0.5, 0.6) is 0 Å². The summed E-state index contributed by atoms with van der Waals surface area (Å²) in [5, 5.41) is 6.23. The number of hydrogen-bond donors (Lipinski definition) is 2. The molecule has 1 aliphatic rings. The molecule has 1 fully saturated rings. The van der Waals surface area contributed by atoms with E-state index >= 15 is 0 Å². The first kappa shape index (κ1) is 12.0. The van der Waals surface area contributed by atoms with Crippen LogP contribution in [-0.2, 0) is 11.2 Å². The molecule has 0 aliphatic heterocycles. The van der Waals surface area contributed by atoms with Crippen LogP contribution in [0.2, 0.25) is 0 Å². The lowest BCUT2D eigenvalue weighted by atomic mass is 10.1. The van der Waals surface area contributed by atoms with Crippen molar-refractivity contribution in [2.24, 2.45) is 0 Å². The summed E-state index contributed by atoms with van der Waals surface area (Å²) < 4.78 is 0. The Morgan fingerprint density at radius 3 is 2.71 bits per heavy atom. The fourth-order valence-corrected chi connectivity index (χ4v) is 2.37. The van der Waals surface area contributed by atoms with E-state index in [4.69, 9.17) is 0 Å². The van der Waals surface area contributed by atoms with E-state index in [1.807, 2.05) is 18.2 Å². The van der Waals surface area contributed by atoms with Gasteiger partial charge in [0, 0.05) is 18.8 Å². The van der Waals surface area contributed by atoms with Gasteiger partial charge in [0.05, 0.1) is 6.42 Å². The Bertz CT molecular complexity index is 384. The van der Waals surface area contributed by atoms with E-state index in [1.165, 1.54) is 25.7 Å². The fraction of sp³-hybridized carbons (Fsp3) is 0.500. The number of para-hydroxylation sites is 1. The summed E-state index contributed by atoms with van der Waals surface area (Å²) >= 11 is 0. The van der Waals surface area contributed by atoms with Gasteiger partial charge in [0.25, 0.3) is 0 Å². The standard InChI is InChI=1S/C14H20N2O/c1-15-14(17)10-11-6-2-5-9-13(11)16-12-7-3-4-8-12/h2,5-6,9,12,16H,3-4,7-8,10H2,1H3,(H,15,17). The molecule has 2 N–H and O–H groups in total. The highest BCUT2D eigenvalue weighted by atomic mass is 16.1.